The van der Waals surface area contributed by atoms with Gasteiger partial charge in [0.25, 0.3) is 0 Å². The van der Waals surface area contributed by atoms with Crippen molar-refractivity contribution in [2.24, 2.45) is 5.92 Å². The predicted octanol–water partition coefficient (Wildman–Crippen LogP) is 3.45. The molecule has 5 nitrogen and oxygen atoms in total. The van der Waals surface area contributed by atoms with Crippen LogP contribution in [0.5, 0.6) is 0 Å². The molecule has 7 heteroatoms. The molecule has 0 aliphatic heterocycles. The summed E-state index contributed by atoms with van der Waals surface area (Å²) in [5, 5.41) is 13.7. The average Bonchev–Trinajstić information content (AvgIpc) is 3.30. The van der Waals surface area contributed by atoms with Gasteiger partial charge >= 0.3 is 5.97 Å². The lowest BCUT2D eigenvalue weighted by molar-refractivity contribution is -0.138. The van der Waals surface area contributed by atoms with Crippen LogP contribution in [0.4, 0.5) is 10.2 Å². The maximum absolute atomic E-state index is 14.6. The number of benzene rings is 1. The number of nitrogens with one attached hydrogen (secondary N) is 1. The lowest BCUT2D eigenvalue weighted by Gasteiger charge is -2.22. The van der Waals surface area contributed by atoms with Gasteiger partial charge in [-0.3, -0.25) is 9.78 Å². The maximum atomic E-state index is 14.6. The Morgan fingerprint density at radius 1 is 1.26 bits per heavy atom. The Balaban J connectivity index is 1.54. The molecule has 1 aromatic heterocycles. The Kier molecular flexibility index (Phi) is 4.29. The molecule has 0 spiro atoms. The van der Waals surface area contributed by atoms with Crippen LogP contribution in [0.15, 0.2) is 24.5 Å². The number of carbonyl (C=O) groups is 1. The van der Waals surface area contributed by atoms with Gasteiger partial charge in [0, 0.05) is 11.5 Å². The van der Waals surface area contributed by atoms with Gasteiger partial charge in [0.2, 0.25) is 0 Å². The number of nitrogens with zero attached hydrogens (tertiary/aromatic N) is 2. The van der Waals surface area contributed by atoms with Crippen molar-refractivity contribution in [3.05, 3.63) is 47.2 Å². The highest BCUT2D eigenvalue weighted by Gasteiger charge is 2.45. The Labute approximate surface area is 159 Å². The lowest BCUT2D eigenvalue weighted by atomic mass is 10.1. The fourth-order valence-electron chi connectivity index (χ4n) is 4.14. The molecule has 1 aromatic carbocycles. The molecule has 142 valence electrons. The Bertz CT molecular complexity index is 895. The van der Waals surface area contributed by atoms with E-state index in [2.05, 4.69) is 34.9 Å². The van der Waals surface area contributed by atoms with Crippen LogP contribution in [-0.2, 0) is 11.2 Å². The molecule has 1 saturated carbocycles. The van der Waals surface area contributed by atoms with E-state index in [-0.39, 0.29) is 23.7 Å². The minimum atomic E-state index is -1.53. The van der Waals surface area contributed by atoms with E-state index in [1.54, 1.807) is 18.5 Å². The Morgan fingerprint density at radius 3 is 2.63 bits per heavy atom. The van der Waals surface area contributed by atoms with Gasteiger partial charge in [0.15, 0.2) is 0 Å². The zero-order valence-electron chi connectivity index (χ0n) is 15.8. The fourth-order valence-corrected chi connectivity index (χ4v) is 5.89. The maximum Gasteiger partial charge on any atom is 0.307 e. The van der Waals surface area contributed by atoms with Crippen molar-refractivity contribution in [1.82, 2.24) is 9.97 Å². The van der Waals surface area contributed by atoms with E-state index < -0.39 is 14.0 Å². The molecule has 2 aliphatic carbocycles. The minimum absolute atomic E-state index is 0.0343. The van der Waals surface area contributed by atoms with E-state index in [1.165, 1.54) is 10.8 Å². The average molecular weight is 386 g/mol. The number of aliphatic carboxylic acids is 1. The molecule has 1 heterocycles. The molecular formula is C20H24FN3O2Si. The number of hydrogen-bond donors (Lipinski definition) is 2. The SMILES string of the molecule is C[Si](C)(C)c1ccc(F)c2c1CC[C@H]2Nc1cnc([C@H]2C[C@@H]2C(=O)O)cn1. The largest absolute Gasteiger partial charge is 0.481 e. The number of fused-ring (bicyclic) bond motifs is 1. The van der Waals surface area contributed by atoms with Gasteiger partial charge < -0.3 is 10.4 Å². The van der Waals surface area contributed by atoms with Crippen molar-refractivity contribution >= 4 is 25.0 Å². The van der Waals surface area contributed by atoms with Crippen LogP contribution >= 0.6 is 0 Å². The van der Waals surface area contributed by atoms with Crippen LogP contribution < -0.4 is 10.5 Å². The first-order valence-electron chi connectivity index (χ1n) is 9.38. The number of hydrogen-bond acceptors (Lipinski definition) is 4. The van der Waals surface area contributed by atoms with E-state index in [0.29, 0.717) is 17.9 Å². The standard InChI is InChI=1S/C20H24FN3O2Si/c1-27(2,3)17-7-5-14(21)19-11(17)4-6-15(19)24-18-10-22-16(9-23-18)12-8-13(12)20(25)26/h5,7,9-10,12-13,15H,4,6,8H2,1-3H3,(H,23,24)(H,25,26)/t12-,13-,15+/m0/s1. The van der Waals surface area contributed by atoms with E-state index in [1.807, 2.05) is 6.07 Å². The Hall–Kier alpha value is -2.28. The van der Waals surface area contributed by atoms with Crippen LogP contribution in [0.3, 0.4) is 0 Å². The summed E-state index contributed by atoms with van der Waals surface area (Å²) in [6.07, 6.45) is 5.60. The summed E-state index contributed by atoms with van der Waals surface area (Å²) in [5.74, 6) is -0.710. The summed E-state index contributed by atoms with van der Waals surface area (Å²) in [6, 6.07) is 3.45. The van der Waals surface area contributed by atoms with Crippen molar-refractivity contribution in [2.45, 2.75) is 50.9 Å². The number of aromatic nitrogens is 2. The molecule has 0 saturated heterocycles. The van der Waals surface area contributed by atoms with Crippen LogP contribution in [-0.4, -0.2) is 29.1 Å². The van der Waals surface area contributed by atoms with Gasteiger partial charge in [-0.25, -0.2) is 9.37 Å². The van der Waals surface area contributed by atoms with Crippen molar-refractivity contribution in [2.75, 3.05) is 5.32 Å². The second-order valence-electron chi connectivity index (χ2n) is 8.59. The van der Waals surface area contributed by atoms with Gasteiger partial charge in [-0.15, -0.1) is 0 Å². The van der Waals surface area contributed by atoms with Crippen LogP contribution in [0.1, 0.15) is 41.6 Å². The van der Waals surface area contributed by atoms with E-state index in [4.69, 9.17) is 5.11 Å². The Morgan fingerprint density at radius 2 is 2.04 bits per heavy atom. The molecule has 4 rings (SSSR count). The lowest BCUT2D eigenvalue weighted by Crippen LogP contribution is -2.40. The molecule has 0 amide bonds. The molecule has 0 bridgehead atoms. The van der Waals surface area contributed by atoms with Gasteiger partial charge in [-0.1, -0.05) is 30.9 Å². The summed E-state index contributed by atoms with van der Waals surface area (Å²) >= 11 is 0. The summed E-state index contributed by atoms with van der Waals surface area (Å²) in [6.45, 7) is 6.86. The zero-order valence-corrected chi connectivity index (χ0v) is 16.8. The predicted molar refractivity (Wildman–Crippen MR) is 105 cm³/mol. The zero-order chi connectivity index (χ0) is 19.3. The summed E-state index contributed by atoms with van der Waals surface area (Å²) in [7, 11) is -1.53. The highest BCUT2D eigenvalue weighted by Crippen LogP contribution is 2.46. The molecule has 27 heavy (non-hydrogen) atoms. The van der Waals surface area contributed by atoms with E-state index in [0.717, 1.165) is 18.4 Å². The molecule has 0 unspecified atom stereocenters. The summed E-state index contributed by atoms with van der Waals surface area (Å²) in [5.41, 5.74) is 2.65. The van der Waals surface area contributed by atoms with E-state index in [9.17, 15) is 9.18 Å². The van der Waals surface area contributed by atoms with Crippen molar-refractivity contribution in [3.63, 3.8) is 0 Å². The first-order valence-corrected chi connectivity index (χ1v) is 12.9. The van der Waals surface area contributed by atoms with Gasteiger partial charge in [0.1, 0.15) is 11.6 Å². The van der Waals surface area contributed by atoms with E-state index >= 15 is 0 Å². The second kappa shape index (κ2) is 6.40. The smallest absolute Gasteiger partial charge is 0.307 e. The monoisotopic (exact) mass is 385 g/mol. The van der Waals surface area contributed by atoms with Gasteiger partial charge in [-0.2, -0.15) is 0 Å². The molecular weight excluding hydrogens is 361 g/mol. The molecule has 1 fully saturated rings. The minimum Gasteiger partial charge on any atom is -0.481 e. The first-order chi connectivity index (χ1) is 12.8. The highest BCUT2D eigenvalue weighted by atomic mass is 28.3. The number of rotatable bonds is 5. The van der Waals surface area contributed by atoms with Crippen LogP contribution in [0.2, 0.25) is 19.6 Å². The summed E-state index contributed by atoms with van der Waals surface area (Å²) in [4.78, 5) is 19.8. The number of halogens is 1. The third-order valence-electron chi connectivity index (χ3n) is 5.62. The number of anilines is 1. The third kappa shape index (κ3) is 3.36. The van der Waals surface area contributed by atoms with Gasteiger partial charge in [0.05, 0.1) is 38.1 Å². The van der Waals surface area contributed by atoms with Gasteiger partial charge in [-0.05, 0) is 30.9 Å². The molecule has 2 aliphatic rings. The van der Waals surface area contributed by atoms with Crippen molar-refractivity contribution < 1.29 is 14.3 Å². The molecule has 0 radical (unpaired) electrons. The van der Waals surface area contributed by atoms with Crippen molar-refractivity contribution in [3.8, 4) is 0 Å². The summed E-state index contributed by atoms with van der Waals surface area (Å²) < 4.78 is 14.6. The fraction of sp³-hybridized carbons (Fsp3) is 0.450. The normalized spacial score (nSPS) is 23.8. The molecule has 2 N–H and O–H groups in total. The molecule has 3 atom stereocenters. The number of carboxylic acids is 1. The topological polar surface area (TPSA) is 75.1 Å². The first kappa shape index (κ1) is 18.1. The van der Waals surface area contributed by atoms with Crippen LogP contribution in [0, 0.1) is 11.7 Å². The van der Waals surface area contributed by atoms with Crippen molar-refractivity contribution in [1.29, 1.82) is 0 Å². The quantitative estimate of drug-likeness (QED) is 0.771. The molecule has 2 aromatic rings. The number of carboxylic acid groups (broad SMARTS) is 1. The second-order valence-corrected chi connectivity index (χ2v) is 13.6. The van der Waals surface area contributed by atoms with Crippen LogP contribution in [0.25, 0.3) is 0 Å². The third-order valence-corrected chi connectivity index (χ3v) is 7.71. The highest BCUT2D eigenvalue weighted by molar-refractivity contribution is 6.89.